The zero-order chi connectivity index (χ0) is 21.2. The fourth-order valence-electron chi connectivity index (χ4n) is 5.57. The zero-order valence-corrected chi connectivity index (χ0v) is 18.7. The molecule has 1 aromatic heterocycles. The number of aliphatic hydroxyl groups excluding tert-OH is 1. The Bertz CT molecular complexity index is 1030. The summed E-state index contributed by atoms with van der Waals surface area (Å²) in [7, 11) is -1.29. The highest BCUT2D eigenvalue weighted by Gasteiger charge is 2.48. The molecule has 4 fully saturated rings. The van der Waals surface area contributed by atoms with Crippen molar-refractivity contribution in [1.82, 2.24) is 9.97 Å². The summed E-state index contributed by atoms with van der Waals surface area (Å²) >= 11 is 6.06. The average molecular weight is 461 g/mol. The minimum absolute atomic E-state index is 0.0330. The Balaban J connectivity index is 1.27. The molecule has 7 rings (SSSR count). The summed E-state index contributed by atoms with van der Waals surface area (Å²) in [6, 6.07) is 8.23. The molecule has 2 unspecified atom stereocenters. The third-order valence-corrected chi connectivity index (χ3v) is 8.83. The number of benzene rings is 1. The Labute approximate surface area is 188 Å². The molecule has 3 aliphatic heterocycles. The Hall–Kier alpha value is -1.90. The minimum atomic E-state index is -1.29. The summed E-state index contributed by atoms with van der Waals surface area (Å²) in [4.78, 5) is 12.2. The normalized spacial score (nSPS) is 30.1. The molecule has 7 nitrogen and oxygen atoms in total. The van der Waals surface area contributed by atoms with Gasteiger partial charge in [0.2, 0.25) is 11.8 Å². The van der Waals surface area contributed by atoms with E-state index in [0.29, 0.717) is 40.3 Å². The topological polar surface area (TPSA) is 87.6 Å². The van der Waals surface area contributed by atoms with Gasteiger partial charge >= 0.3 is 0 Å². The van der Waals surface area contributed by atoms with Crippen LogP contribution in [0, 0.1) is 11.8 Å². The maximum Gasteiger partial charge on any atom is 0.238 e. The molecule has 3 atom stereocenters. The molecule has 0 amide bonds. The highest BCUT2D eigenvalue weighted by atomic mass is 35.5. The van der Waals surface area contributed by atoms with Gasteiger partial charge in [-0.1, -0.05) is 23.7 Å². The van der Waals surface area contributed by atoms with Gasteiger partial charge in [-0.05, 0) is 61.1 Å². The van der Waals surface area contributed by atoms with Gasteiger partial charge in [-0.25, -0.2) is 0 Å². The van der Waals surface area contributed by atoms with Crippen LogP contribution >= 0.6 is 11.6 Å². The van der Waals surface area contributed by atoms with Crippen LogP contribution in [0.2, 0.25) is 5.02 Å². The molecular formula is C22H25ClN4O3S. The van der Waals surface area contributed by atoms with E-state index in [1.54, 1.807) is 0 Å². The molecule has 164 valence electrons. The predicted molar refractivity (Wildman–Crippen MR) is 119 cm³/mol. The number of aliphatic hydroxyl groups is 1. The van der Waals surface area contributed by atoms with Crippen molar-refractivity contribution in [2.24, 2.45) is 11.8 Å². The van der Waals surface area contributed by atoms with Crippen LogP contribution < -0.4 is 15.0 Å². The number of piperidine rings is 2. The first-order chi connectivity index (χ1) is 15.0. The van der Waals surface area contributed by atoms with E-state index in [2.05, 4.69) is 27.3 Å². The lowest BCUT2D eigenvalue weighted by Gasteiger charge is -2.54. The summed E-state index contributed by atoms with van der Waals surface area (Å²) in [5, 5.41) is 14.1. The van der Waals surface area contributed by atoms with Gasteiger partial charge in [-0.15, -0.1) is 0 Å². The molecule has 9 heteroatoms. The van der Waals surface area contributed by atoms with E-state index in [-0.39, 0.29) is 18.1 Å². The Kier molecular flexibility index (Phi) is 4.67. The first-order valence-electron chi connectivity index (χ1n) is 10.9. The van der Waals surface area contributed by atoms with Gasteiger partial charge in [0, 0.05) is 18.1 Å². The smallest absolute Gasteiger partial charge is 0.238 e. The lowest BCUT2D eigenvalue weighted by Crippen LogP contribution is -2.54. The summed E-state index contributed by atoms with van der Waals surface area (Å²) in [6.07, 6.45) is 4.03. The van der Waals surface area contributed by atoms with Crippen LogP contribution in [-0.2, 0) is 10.8 Å². The number of ether oxygens (including phenoxy) is 1. The van der Waals surface area contributed by atoms with Crippen LogP contribution in [0.1, 0.15) is 37.2 Å². The van der Waals surface area contributed by atoms with Crippen molar-refractivity contribution in [3.8, 4) is 5.88 Å². The summed E-state index contributed by atoms with van der Waals surface area (Å²) in [6.45, 7) is 1.80. The van der Waals surface area contributed by atoms with Crippen molar-refractivity contribution in [3.05, 3.63) is 34.9 Å². The van der Waals surface area contributed by atoms with Gasteiger partial charge < -0.3 is 20.1 Å². The molecule has 2 saturated heterocycles. The molecule has 2 saturated carbocycles. The zero-order valence-electron chi connectivity index (χ0n) is 17.1. The van der Waals surface area contributed by atoms with Crippen LogP contribution in [0.15, 0.2) is 29.2 Å². The molecule has 0 radical (unpaired) electrons. The number of rotatable bonds is 5. The van der Waals surface area contributed by atoms with E-state index in [1.165, 1.54) is 12.0 Å². The average Bonchev–Trinajstić information content (AvgIpc) is 3.13. The van der Waals surface area contributed by atoms with Crippen molar-refractivity contribution in [3.63, 3.8) is 0 Å². The minimum Gasteiger partial charge on any atom is -0.463 e. The Morgan fingerprint density at radius 2 is 1.97 bits per heavy atom. The van der Waals surface area contributed by atoms with Crippen molar-refractivity contribution in [1.29, 1.82) is 0 Å². The third kappa shape index (κ3) is 3.22. The molecule has 5 aliphatic rings. The Morgan fingerprint density at radius 1 is 1.23 bits per heavy atom. The molecule has 0 spiro atoms. The van der Waals surface area contributed by atoms with E-state index >= 15 is 0 Å². The maximum atomic E-state index is 12.5. The monoisotopic (exact) mass is 460 g/mol. The molecule has 1 aromatic carbocycles. The first kappa shape index (κ1) is 19.8. The second kappa shape index (κ2) is 7.32. The molecule has 2 bridgehead atoms. The third-order valence-electron chi connectivity index (χ3n) is 7.42. The van der Waals surface area contributed by atoms with Crippen molar-refractivity contribution < 1.29 is 14.1 Å². The van der Waals surface area contributed by atoms with E-state index < -0.39 is 10.8 Å². The van der Waals surface area contributed by atoms with Gasteiger partial charge in [0.15, 0.2) is 11.8 Å². The maximum absolute atomic E-state index is 12.5. The largest absolute Gasteiger partial charge is 0.463 e. The van der Waals surface area contributed by atoms with E-state index in [9.17, 15) is 9.32 Å². The van der Waals surface area contributed by atoms with E-state index in [1.807, 2.05) is 12.1 Å². The van der Waals surface area contributed by atoms with Crippen LogP contribution in [0.4, 0.5) is 11.8 Å². The number of halogens is 1. The molecule has 4 heterocycles. The summed E-state index contributed by atoms with van der Waals surface area (Å²) < 4.78 is 18.1. The SMILES string of the molecule is O=[S@@]1COc2nc(N3CC4CC(C3)C4c3ccc(Cl)cc3)nc(NC3(CO)CCC3)c21. The lowest BCUT2D eigenvalue weighted by molar-refractivity contribution is 0.110. The number of hydrogen-bond donors (Lipinski definition) is 2. The number of anilines is 2. The summed E-state index contributed by atoms with van der Waals surface area (Å²) in [5.74, 6) is 3.36. The number of fused-ring (bicyclic) bond motifs is 3. The molecule has 2 aliphatic carbocycles. The molecular weight excluding hydrogens is 436 g/mol. The van der Waals surface area contributed by atoms with Crippen molar-refractivity contribution >= 4 is 34.2 Å². The van der Waals surface area contributed by atoms with Crippen LogP contribution in [0.5, 0.6) is 5.88 Å². The number of aromatic nitrogens is 2. The van der Waals surface area contributed by atoms with Gasteiger partial charge in [0.25, 0.3) is 0 Å². The van der Waals surface area contributed by atoms with E-state index in [0.717, 1.165) is 37.4 Å². The Morgan fingerprint density at radius 3 is 2.61 bits per heavy atom. The van der Waals surface area contributed by atoms with Gasteiger partial charge in [0.1, 0.15) is 15.7 Å². The van der Waals surface area contributed by atoms with E-state index in [4.69, 9.17) is 21.3 Å². The van der Waals surface area contributed by atoms with Crippen molar-refractivity contribution in [2.45, 2.75) is 42.0 Å². The summed E-state index contributed by atoms with van der Waals surface area (Å²) in [5.41, 5.74) is 0.978. The standard InChI is InChI=1S/C22H25ClN4O3S/c23-16-4-2-13(3-5-16)17-14-8-15(17)10-27(9-14)21-24-19(26-22(11-28)6-1-7-22)18-20(25-21)30-12-31(18)29/h2-5,14-15,17,28H,1,6-12H2,(H,24,25,26)/t14?,15?,17?,31-/m1/s1. The molecule has 2 aromatic rings. The van der Waals surface area contributed by atoms with Gasteiger partial charge in [-0.2, -0.15) is 9.97 Å². The van der Waals surface area contributed by atoms with Crippen LogP contribution in [-0.4, -0.2) is 50.5 Å². The number of nitrogens with one attached hydrogen (secondary N) is 1. The van der Waals surface area contributed by atoms with Crippen LogP contribution in [0.25, 0.3) is 0 Å². The van der Waals surface area contributed by atoms with Crippen molar-refractivity contribution in [2.75, 3.05) is 35.9 Å². The van der Waals surface area contributed by atoms with Crippen LogP contribution in [0.3, 0.4) is 0 Å². The second-order valence-electron chi connectivity index (χ2n) is 9.27. The molecule has 2 N–H and O–H groups in total. The predicted octanol–water partition coefficient (Wildman–Crippen LogP) is 3.15. The van der Waals surface area contributed by atoms with Gasteiger partial charge in [0.05, 0.1) is 12.1 Å². The fourth-order valence-corrected chi connectivity index (χ4v) is 6.65. The fraction of sp³-hybridized carbons (Fsp3) is 0.545. The highest BCUT2D eigenvalue weighted by molar-refractivity contribution is 7.85. The quantitative estimate of drug-likeness (QED) is 0.708. The second-order valence-corrected chi connectivity index (χ2v) is 11.0. The number of hydrogen-bond acceptors (Lipinski definition) is 7. The first-order valence-corrected chi connectivity index (χ1v) is 12.6. The van der Waals surface area contributed by atoms with Gasteiger partial charge in [-0.3, -0.25) is 4.21 Å². The molecule has 31 heavy (non-hydrogen) atoms. The highest BCUT2D eigenvalue weighted by Crippen LogP contribution is 2.52. The lowest BCUT2D eigenvalue weighted by atomic mass is 9.59. The number of nitrogens with zero attached hydrogens (tertiary/aromatic N) is 3.